The van der Waals surface area contributed by atoms with Crippen molar-refractivity contribution in [3.63, 3.8) is 0 Å². The van der Waals surface area contributed by atoms with Crippen molar-refractivity contribution in [2.24, 2.45) is 0 Å². The van der Waals surface area contributed by atoms with Crippen molar-refractivity contribution in [2.45, 2.75) is 39.3 Å². The van der Waals surface area contributed by atoms with Gasteiger partial charge in [-0.15, -0.1) is 0 Å². The number of anilines is 2. The van der Waals surface area contributed by atoms with Crippen molar-refractivity contribution < 1.29 is 27.8 Å². The Bertz CT molecular complexity index is 1410. The van der Waals surface area contributed by atoms with E-state index in [1.54, 1.807) is 53.1 Å². The second-order valence-corrected chi connectivity index (χ2v) is 10.9. The van der Waals surface area contributed by atoms with E-state index in [2.05, 4.69) is 20.5 Å². The van der Waals surface area contributed by atoms with Crippen LogP contribution in [0.4, 0.5) is 25.1 Å². The molecule has 0 aliphatic carbocycles. The van der Waals surface area contributed by atoms with Gasteiger partial charge in [0.05, 0.1) is 42.2 Å². The number of likely N-dealkylation sites (N-methyl/N-ethyl adjacent to an activating group) is 1. The van der Waals surface area contributed by atoms with Crippen LogP contribution in [-0.4, -0.2) is 78.9 Å². The van der Waals surface area contributed by atoms with Crippen LogP contribution in [-0.2, 0) is 9.47 Å². The molecular formula is C29H36F2N6O4. The minimum atomic E-state index is -0.627. The molecule has 1 unspecified atom stereocenters. The molecule has 2 aromatic carbocycles. The summed E-state index contributed by atoms with van der Waals surface area (Å²) in [5.74, 6) is -0.905. The molecule has 0 saturated carbocycles. The van der Waals surface area contributed by atoms with Crippen molar-refractivity contribution in [1.29, 1.82) is 0 Å². The first-order chi connectivity index (χ1) is 19.4. The van der Waals surface area contributed by atoms with E-state index in [-0.39, 0.29) is 24.7 Å². The first-order valence-corrected chi connectivity index (χ1v) is 13.5. The van der Waals surface area contributed by atoms with Gasteiger partial charge in [0.15, 0.2) is 0 Å². The van der Waals surface area contributed by atoms with Gasteiger partial charge in [-0.1, -0.05) is 0 Å². The molecule has 1 aliphatic rings. The van der Waals surface area contributed by atoms with Crippen molar-refractivity contribution in [2.75, 3.05) is 56.7 Å². The lowest BCUT2D eigenvalue weighted by Gasteiger charge is -2.28. The lowest BCUT2D eigenvalue weighted by atomic mass is 10.0. The van der Waals surface area contributed by atoms with Gasteiger partial charge >= 0.3 is 6.09 Å². The molecule has 2 N–H and O–H groups in total. The number of carbonyl (C=O) groups excluding carboxylic acids is 2. The summed E-state index contributed by atoms with van der Waals surface area (Å²) in [6, 6.07) is 5.92. The quantitative estimate of drug-likeness (QED) is 0.407. The largest absolute Gasteiger partial charge is 0.444 e. The summed E-state index contributed by atoms with van der Waals surface area (Å²) >= 11 is 0. The van der Waals surface area contributed by atoms with Crippen LogP contribution in [0.5, 0.6) is 0 Å². The second-order valence-electron chi connectivity index (χ2n) is 10.9. The van der Waals surface area contributed by atoms with E-state index in [1.165, 1.54) is 4.90 Å². The first kappa shape index (κ1) is 29.9. The van der Waals surface area contributed by atoms with Gasteiger partial charge in [0.2, 0.25) is 0 Å². The fraction of sp³-hybridized carbons (Fsp3) is 0.448. The zero-order valence-corrected chi connectivity index (χ0v) is 24.0. The van der Waals surface area contributed by atoms with Gasteiger partial charge in [-0.3, -0.25) is 9.78 Å². The van der Waals surface area contributed by atoms with Crippen LogP contribution in [0.2, 0.25) is 0 Å². The zero-order valence-electron chi connectivity index (χ0n) is 24.0. The van der Waals surface area contributed by atoms with E-state index in [9.17, 15) is 18.4 Å². The van der Waals surface area contributed by atoms with Crippen LogP contribution >= 0.6 is 0 Å². The summed E-state index contributed by atoms with van der Waals surface area (Å²) in [6.45, 7) is 10.0. The molecule has 2 heterocycles. The number of nitrogens with zero attached hydrogens (tertiary/aromatic N) is 4. The van der Waals surface area contributed by atoms with E-state index < -0.39 is 29.4 Å². The summed E-state index contributed by atoms with van der Waals surface area (Å²) in [7, 11) is 1.59. The highest BCUT2D eigenvalue weighted by atomic mass is 19.1. The lowest BCUT2D eigenvalue weighted by molar-refractivity contribution is 0.0299. The number of aromatic nitrogens is 2. The molecular weight excluding hydrogens is 534 g/mol. The van der Waals surface area contributed by atoms with Crippen LogP contribution in [0.25, 0.3) is 11.0 Å². The van der Waals surface area contributed by atoms with Gasteiger partial charge in [0.1, 0.15) is 23.1 Å². The smallest absolute Gasteiger partial charge is 0.410 e. The Morgan fingerprint density at radius 2 is 1.90 bits per heavy atom. The topological polar surface area (TPSA) is 109 Å². The van der Waals surface area contributed by atoms with Crippen LogP contribution in [0.15, 0.2) is 36.5 Å². The lowest BCUT2D eigenvalue weighted by Crippen LogP contribution is -2.39. The monoisotopic (exact) mass is 570 g/mol. The predicted molar refractivity (Wildman–Crippen MR) is 152 cm³/mol. The number of carbonyl (C=O) groups is 2. The normalized spacial score (nSPS) is 14.5. The number of fused-ring (bicyclic) bond motifs is 1. The Morgan fingerprint density at radius 1 is 1.17 bits per heavy atom. The minimum Gasteiger partial charge on any atom is -0.444 e. The highest BCUT2D eigenvalue weighted by molar-refractivity contribution is 5.98. The molecule has 10 nitrogen and oxygen atoms in total. The summed E-state index contributed by atoms with van der Waals surface area (Å²) in [4.78, 5) is 38.3. The molecule has 1 aliphatic heterocycles. The molecule has 1 saturated heterocycles. The number of rotatable bonds is 8. The third-order valence-corrected chi connectivity index (χ3v) is 6.47. The van der Waals surface area contributed by atoms with Crippen molar-refractivity contribution in [1.82, 2.24) is 20.2 Å². The number of ether oxygens (including phenoxy) is 2. The average Bonchev–Trinajstić information content (AvgIpc) is 2.93. The number of nitrogens with one attached hydrogen (secondary N) is 2. The molecule has 1 aromatic heterocycles. The van der Waals surface area contributed by atoms with E-state index >= 15 is 0 Å². The summed E-state index contributed by atoms with van der Waals surface area (Å²) in [6.07, 6.45) is 1.16. The fourth-order valence-corrected chi connectivity index (χ4v) is 4.33. The maximum atomic E-state index is 14.4. The van der Waals surface area contributed by atoms with Gasteiger partial charge < -0.3 is 29.9 Å². The molecule has 3 aromatic rings. The number of hydrogen-bond donors (Lipinski definition) is 2. The number of hydrogen-bond acceptors (Lipinski definition) is 8. The summed E-state index contributed by atoms with van der Waals surface area (Å²) in [5.41, 5.74) is 1.27. The van der Waals surface area contributed by atoms with E-state index in [1.807, 2.05) is 0 Å². The molecule has 4 rings (SSSR count). The summed E-state index contributed by atoms with van der Waals surface area (Å²) < 4.78 is 39.1. The Balaban J connectivity index is 1.59. The average molecular weight is 571 g/mol. The molecule has 1 fully saturated rings. The highest BCUT2D eigenvalue weighted by Gasteiger charge is 2.22. The number of morpholine rings is 1. The Hall–Kier alpha value is -4.06. The number of benzene rings is 2. The molecule has 0 radical (unpaired) electrons. The van der Waals surface area contributed by atoms with Crippen LogP contribution in [0, 0.1) is 11.6 Å². The van der Waals surface area contributed by atoms with Crippen LogP contribution in [0.1, 0.15) is 49.7 Å². The van der Waals surface area contributed by atoms with Gasteiger partial charge in [-0.25, -0.2) is 18.6 Å². The molecule has 220 valence electrons. The van der Waals surface area contributed by atoms with Crippen LogP contribution < -0.4 is 15.5 Å². The molecule has 1 atom stereocenters. The number of halogens is 2. The van der Waals surface area contributed by atoms with Crippen molar-refractivity contribution in [3.05, 3.63) is 59.3 Å². The van der Waals surface area contributed by atoms with Crippen molar-refractivity contribution >= 4 is 34.5 Å². The number of amides is 2. The second kappa shape index (κ2) is 12.6. The van der Waals surface area contributed by atoms with Gasteiger partial charge in [-0.2, -0.15) is 0 Å². The predicted octanol–water partition coefficient (Wildman–Crippen LogP) is 4.51. The van der Waals surface area contributed by atoms with Gasteiger partial charge in [-0.05, 0) is 58.0 Å². The Kier molecular flexibility index (Phi) is 9.21. The van der Waals surface area contributed by atoms with E-state index in [0.717, 1.165) is 18.2 Å². The van der Waals surface area contributed by atoms with E-state index in [0.29, 0.717) is 54.3 Å². The molecule has 0 spiro atoms. The standard InChI is InChI=1S/C29H36F2N6O4/c1-18(34-23-16-20(30)6-7-22(23)31)21-14-19(27(38)32-8-9-36(5)28(39)41-29(2,3)4)15-24-26(21)35-25(17-33-24)37-10-12-40-13-11-37/h6-7,14-18,34H,8-13H2,1-5H3,(H,32,38). The van der Waals surface area contributed by atoms with E-state index in [4.69, 9.17) is 14.5 Å². The third-order valence-electron chi connectivity index (χ3n) is 6.47. The third kappa shape index (κ3) is 7.78. The fourth-order valence-electron chi connectivity index (χ4n) is 4.33. The van der Waals surface area contributed by atoms with Crippen LogP contribution in [0.3, 0.4) is 0 Å². The Morgan fingerprint density at radius 3 is 2.61 bits per heavy atom. The molecule has 2 amide bonds. The first-order valence-electron chi connectivity index (χ1n) is 13.5. The minimum absolute atomic E-state index is 0.0111. The molecule has 12 heteroatoms. The van der Waals surface area contributed by atoms with Gasteiger partial charge in [0.25, 0.3) is 5.91 Å². The van der Waals surface area contributed by atoms with Crippen molar-refractivity contribution in [3.8, 4) is 0 Å². The summed E-state index contributed by atoms with van der Waals surface area (Å²) in [5, 5.41) is 5.83. The highest BCUT2D eigenvalue weighted by Crippen LogP contribution is 2.29. The molecule has 0 bridgehead atoms. The zero-order chi connectivity index (χ0) is 29.7. The maximum absolute atomic E-state index is 14.4. The SMILES string of the molecule is CC(Nc1cc(F)ccc1F)c1cc(C(=O)NCCN(C)C(=O)OC(C)(C)C)cc2ncc(N3CCOCC3)nc12. The Labute approximate surface area is 238 Å². The maximum Gasteiger partial charge on any atom is 0.410 e. The van der Waals surface area contributed by atoms with Gasteiger partial charge in [0, 0.05) is 44.4 Å². The molecule has 41 heavy (non-hydrogen) atoms.